The summed E-state index contributed by atoms with van der Waals surface area (Å²) >= 11 is 0. The van der Waals surface area contributed by atoms with Crippen molar-refractivity contribution in [2.45, 2.75) is 18.8 Å². The predicted molar refractivity (Wildman–Crippen MR) is 56.8 cm³/mol. The molecule has 1 aliphatic carbocycles. The van der Waals surface area contributed by atoms with Crippen molar-refractivity contribution in [1.29, 1.82) is 0 Å². The molecule has 0 heterocycles. The van der Waals surface area contributed by atoms with E-state index in [1.54, 1.807) is 0 Å². The standard InChI is InChI=1S/C11H12O5/c12-4-7-6(11(15)16)3-8(13)9(10(7)14)5-1-2-5/h3-5,12-16H,1-2H2. The highest BCUT2D eigenvalue weighted by atomic mass is 16.5. The van der Waals surface area contributed by atoms with Gasteiger partial charge < -0.3 is 25.5 Å². The molecule has 1 aliphatic rings. The van der Waals surface area contributed by atoms with Crippen molar-refractivity contribution in [3.05, 3.63) is 22.1 Å². The van der Waals surface area contributed by atoms with Gasteiger partial charge in [-0.2, -0.15) is 0 Å². The Balaban J connectivity index is 2.86. The molecule has 1 fully saturated rings. The van der Waals surface area contributed by atoms with E-state index in [0.717, 1.165) is 18.9 Å². The van der Waals surface area contributed by atoms with Crippen LogP contribution < -0.4 is 10.4 Å². The summed E-state index contributed by atoms with van der Waals surface area (Å²) in [6, 6.07) is 1.12. The van der Waals surface area contributed by atoms with Crippen LogP contribution in [0.25, 0.3) is 12.2 Å². The quantitative estimate of drug-likeness (QED) is 0.477. The number of aliphatic hydroxyl groups is 3. The molecule has 16 heavy (non-hydrogen) atoms. The smallest absolute Gasteiger partial charge is 0.282 e. The fourth-order valence-corrected chi connectivity index (χ4v) is 1.78. The van der Waals surface area contributed by atoms with Crippen LogP contribution in [0.3, 0.4) is 0 Å². The van der Waals surface area contributed by atoms with E-state index >= 15 is 0 Å². The monoisotopic (exact) mass is 224 g/mol. The van der Waals surface area contributed by atoms with Crippen LogP contribution in [-0.2, 0) is 0 Å². The fourth-order valence-electron chi connectivity index (χ4n) is 1.78. The second-order valence-electron chi connectivity index (χ2n) is 3.85. The lowest BCUT2D eigenvalue weighted by Gasteiger charge is -2.06. The molecule has 2 rings (SSSR count). The second-order valence-corrected chi connectivity index (χ2v) is 3.85. The van der Waals surface area contributed by atoms with Gasteiger partial charge in [0.2, 0.25) is 0 Å². The first-order valence-corrected chi connectivity index (χ1v) is 4.87. The van der Waals surface area contributed by atoms with Gasteiger partial charge in [0.05, 0.1) is 16.7 Å². The zero-order chi connectivity index (χ0) is 11.9. The Morgan fingerprint density at radius 1 is 1.25 bits per heavy atom. The van der Waals surface area contributed by atoms with Crippen LogP contribution in [0.5, 0.6) is 11.5 Å². The molecule has 0 aromatic heterocycles. The molecule has 1 aromatic carbocycles. The summed E-state index contributed by atoms with van der Waals surface area (Å²) in [4.78, 5) is 0. The van der Waals surface area contributed by atoms with Gasteiger partial charge in [-0.1, -0.05) is 0 Å². The molecule has 86 valence electrons. The van der Waals surface area contributed by atoms with Gasteiger partial charge in [0.15, 0.2) is 0 Å². The normalized spacial score (nSPS) is 16.4. The zero-order valence-corrected chi connectivity index (χ0v) is 8.38. The van der Waals surface area contributed by atoms with E-state index in [9.17, 15) is 10.2 Å². The third kappa shape index (κ3) is 1.50. The average Bonchev–Trinajstić information content (AvgIpc) is 3.01. The van der Waals surface area contributed by atoms with Crippen LogP contribution >= 0.6 is 0 Å². The Labute approximate surface area is 90.8 Å². The molecule has 1 aromatic rings. The van der Waals surface area contributed by atoms with Crippen LogP contribution in [-0.4, -0.2) is 25.5 Å². The third-order valence-corrected chi connectivity index (χ3v) is 2.71. The molecule has 0 spiro atoms. The van der Waals surface area contributed by atoms with Crippen molar-refractivity contribution in [3.63, 3.8) is 0 Å². The lowest BCUT2D eigenvalue weighted by molar-refractivity contribution is 0.296. The van der Waals surface area contributed by atoms with Gasteiger partial charge in [-0.15, -0.1) is 0 Å². The number of benzene rings is 1. The Bertz CT molecular complexity index is 538. The largest absolute Gasteiger partial charge is 0.515 e. The summed E-state index contributed by atoms with van der Waals surface area (Å²) < 4.78 is 0. The van der Waals surface area contributed by atoms with Gasteiger partial charge in [-0.05, 0) is 24.8 Å². The minimum absolute atomic E-state index is 0.0774. The summed E-state index contributed by atoms with van der Waals surface area (Å²) in [7, 11) is 0. The molecule has 5 N–H and O–H groups in total. The van der Waals surface area contributed by atoms with E-state index in [1.165, 1.54) is 0 Å². The van der Waals surface area contributed by atoms with Crippen molar-refractivity contribution in [3.8, 4) is 11.5 Å². The van der Waals surface area contributed by atoms with E-state index in [-0.39, 0.29) is 27.9 Å². The molecule has 0 atom stereocenters. The summed E-state index contributed by atoms with van der Waals surface area (Å²) in [6.07, 6.45) is 2.31. The maximum Gasteiger partial charge on any atom is 0.282 e. The van der Waals surface area contributed by atoms with Crippen molar-refractivity contribution in [2.75, 3.05) is 0 Å². The predicted octanol–water partition coefficient (Wildman–Crippen LogP) is 0.453. The van der Waals surface area contributed by atoms with E-state index < -0.39 is 5.95 Å². The molecule has 5 heteroatoms. The average molecular weight is 224 g/mol. The summed E-state index contributed by atoms with van der Waals surface area (Å²) in [5.74, 6) is -1.48. The minimum atomic E-state index is -1.06. The number of phenolic OH excluding ortho intramolecular Hbond substituents is 2. The van der Waals surface area contributed by atoms with E-state index in [4.69, 9.17) is 15.3 Å². The highest BCUT2D eigenvalue weighted by Crippen LogP contribution is 2.46. The fraction of sp³-hybridized carbons (Fsp3) is 0.273. The van der Waals surface area contributed by atoms with E-state index in [2.05, 4.69) is 0 Å². The Morgan fingerprint density at radius 3 is 2.31 bits per heavy atom. The highest BCUT2D eigenvalue weighted by Gasteiger charge is 2.30. The molecule has 1 saturated carbocycles. The zero-order valence-electron chi connectivity index (χ0n) is 8.38. The van der Waals surface area contributed by atoms with Crippen LogP contribution in [0.4, 0.5) is 0 Å². The summed E-state index contributed by atoms with van der Waals surface area (Å²) in [6.45, 7) is 0. The van der Waals surface area contributed by atoms with Gasteiger partial charge >= 0.3 is 0 Å². The first kappa shape index (κ1) is 10.5. The molecule has 0 amide bonds. The van der Waals surface area contributed by atoms with E-state index in [0.29, 0.717) is 11.8 Å². The van der Waals surface area contributed by atoms with Gasteiger partial charge in [0, 0.05) is 5.56 Å². The number of phenols is 2. The summed E-state index contributed by atoms with van der Waals surface area (Å²) in [5, 5.41) is 46.0. The first-order valence-electron chi connectivity index (χ1n) is 4.87. The molecule has 0 aliphatic heterocycles. The van der Waals surface area contributed by atoms with Gasteiger partial charge in [0.25, 0.3) is 5.95 Å². The molecule has 0 unspecified atom stereocenters. The highest BCUT2D eigenvalue weighted by molar-refractivity contribution is 5.52. The van der Waals surface area contributed by atoms with Crippen molar-refractivity contribution in [1.82, 2.24) is 0 Å². The number of aliphatic hydroxyl groups excluding tert-OH is 2. The maximum atomic E-state index is 9.82. The van der Waals surface area contributed by atoms with Crippen molar-refractivity contribution >= 4 is 12.2 Å². The second kappa shape index (κ2) is 3.52. The Kier molecular flexibility index (Phi) is 2.30. The van der Waals surface area contributed by atoms with E-state index in [1.807, 2.05) is 0 Å². The number of hydrogen-bond donors (Lipinski definition) is 5. The third-order valence-electron chi connectivity index (χ3n) is 2.71. The summed E-state index contributed by atoms with van der Waals surface area (Å²) in [5.41, 5.74) is 0.352. The molecular formula is C11H12O5. The first-order chi connectivity index (χ1) is 7.56. The molecule has 0 saturated heterocycles. The van der Waals surface area contributed by atoms with Gasteiger partial charge in [0.1, 0.15) is 11.5 Å². The number of rotatable bonds is 1. The molecule has 0 bridgehead atoms. The van der Waals surface area contributed by atoms with Crippen molar-refractivity contribution < 1.29 is 25.5 Å². The molecule has 0 radical (unpaired) electrons. The van der Waals surface area contributed by atoms with Crippen LogP contribution in [0.15, 0.2) is 6.07 Å². The minimum Gasteiger partial charge on any atom is -0.515 e. The maximum absolute atomic E-state index is 9.82. The van der Waals surface area contributed by atoms with Gasteiger partial charge in [-0.3, -0.25) is 0 Å². The lowest BCUT2D eigenvalue weighted by atomic mass is 10.1. The SMILES string of the molecule is OC=c1c(O)c(C2CC2)c(O)cc1=C(O)O. The molecule has 5 nitrogen and oxygen atoms in total. The Hall–Kier alpha value is -2.04. The van der Waals surface area contributed by atoms with Crippen LogP contribution in [0.2, 0.25) is 0 Å². The van der Waals surface area contributed by atoms with Crippen LogP contribution in [0.1, 0.15) is 24.3 Å². The molecular weight excluding hydrogens is 212 g/mol. The topological polar surface area (TPSA) is 101 Å². The number of hydrogen-bond acceptors (Lipinski definition) is 5. The number of aromatic hydroxyl groups is 2. The van der Waals surface area contributed by atoms with Crippen LogP contribution in [0, 0.1) is 0 Å². The Morgan fingerprint density at radius 2 is 1.88 bits per heavy atom. The van der Waals surface area contributed by atoms with Crippen molar-refractivity contribution in [2.24, 2.45) is 0 Å². The lowest BCUT2D eigenvalue weighted by Crippen LogP contribution is -2.28. The van der Waals surface area contributed by atoms with Gasteiger partial charge in [-0.25, -0.2) is 0 Å².